The maximum absolute atomic E-state index is 6.12. The third-order valence-electron chi connectivity index (χ3n) is 4.50. The summed E-state index contributed by atoms with van der Waals surface area (Å²) in [4.78, 5) is 2.27. The van der Waals surface area contributed by atoms with Crippen LogP contribution in [0.1, 0.15) is 25.3 Å². The highest BCUT2D eigenvalue weighted by Gasteiger charge is 2.25. The fraction of sp³-hybridized carbons (Fsp3) is 0.182. The quantitative estimate of drug-likeness (QED) is 0.358. The first-order valence-electron chi connectivity index (χ1n) is 8.72. The van der Waals surface area contributed by atoms with Crippen molar-refractivity contribution in [2.75, 3.05) is 4.90 Å². The Balaban J connectivity index is 1.78. The van der Waals surface area contributed by atoms with Crippen LogP contribution < -0.4 is 9.64 Å². The molecular weight excluding hydrogens is 374 g/mol. The molecule has 4 rings (SSSR count). The molecule has 0 N–H and O–H groups in total. The fourth-order valence-electron chi connectivity index (χ4n) is 3.20. The molecule has 0 saturated heterocycles. The van der Waals surface area contributed by atoms with E-state index in [4.69, 9.17) is 4.74 Å². The molecule has 0 spiro atoms. The SMILES string of the molecule is CCCCc1ccc(N2c3ccccc3Oc3cc(Br)ccc32)cc1. The molecule has 3 heteroatoms. The molecule has 0 aliphatic carbocycles. The first-order chi connectivity index (χ1) is 12.3. The number of fused-ring (bicyclic) bond motifs is 2. The maximum Gasteiger partial charge on any atom is 0.152 e. The van der Waals surface area contributed by atoms with Gasteiger partial charge in [-0.1, -0.05) is 53.5 Å². The molecule has 1 aliphatic rings. The van der Waals surface area contributed by atoms with Gasteiger partial charge in [0, 0.05) is 10.2 Å². The lowest BCUT2D eigenvalue weighted by Gasteiger charge is -2.33. The van der Waals surface area contributed by atoms with E-state index in [1.54, 1.807) is 0 Å². The molecule has 0 amide bonds. The van der Waals surface area contributed by atoms with E-state index in [0.717, 1.165) is 39.5 Å². The van der Waals surface area contributed by atoms with Crippen LogP contribution in [0.15, 0.2) is 71.2 Å². The minimum absolute atomic E-state index is 0.864. The number of nitrogens with zero attached hydrogens (tertiary/aromatic N) is 1. The van der Waals surface area contributed by atoms with Crippen LogP contribution in [0.5, 0.6) is 11.5 Å². The number of benzene rings is 3. The van der Waals surface area contributed by atoms with Crippen molar-refractivity contribution in [3.05, 3.63) is 76.8 Å². The molecule has 25 heavy (non-hydrogen) atoms. The fourth-order valence-corrected chi connectivity index (χ4v) is 3.54. The number of ether oxygens (including phenoxy) is 1. The van der Waals surface area contributed by atoms with Gasteiger partial charge in [-0.2, -0.15) is 0 Å². The summed E-state index contributed by atoms with van der Waals surface area (Å²) in [7, 11) is 0. The lowest BCUT2D eigenvalue weighted by atomic mass is 10.1. The van der Waals surface area contributed by atoms with Crippen molar-refractivity contribution in [1.82, 2.24) is 0 Å². The number of aryl methyl sites for hydroxylation is 1. The van der Waals surface area contributed by atoms with Crippen LogP contribution in [-0.2, 0) is 6.42 Å². The highest BCUT2D eigenvalue weighted by atomic mass is 79.9. The van der Waals surface area contributed by atoms with E-state index in [0.29, 0.717) is 0 Å². The predicted octanol–water partition coefficient (Wildman–Crippen LogP) is 7.37. The topological polar surface area (TPSA) is 12.5 Å². The van der Waals surface area contributed by atoms with Crippen molar-refractivity contribution >= 4 is 33.0 Å². The zero-order chi connectivity index (χ0) is 17.2. The monoisotopic (exact) mass is 393 g/mol. The van der Waals surface area contributed by atoms with Crippen molar-refractivity contribution in [2.45, 2.75) is 26.2 Å². The Hall–Kier alpha value is -2.26. The molecule has 1 heterocycles. The van der Waals surface area contributed by atoms with Crippen LogP contribution in [0, 0.1) is 0 Å². The average Bonchev–Trinajstić information content (AvgIpc) is 2.65. The predicted molar refractivity (Wildman–Crippen MR) is 108 cm³/mol. The molecule has 0 unspecified atom stereocenters. The van der Waals surface area contributed by atoms with Gasteiger partial charge in [-0.25, -0.2) is 0 Å². The lowest BCUT2D eigenvalue weighted by Crippen LogP contribution is -2.15. The van der Waals surface area contributed by atoms with Crippen molar-refractivity contribution in [2.24, 2.45) is 0 Å². The number of anilines is 3. The molecule has 3 aromatic rings. The Labute approximate surface area is 157 Å². The molecule has 0 aromatic heterocycles. The summed E-state index contributed by atoms with van der Waals surface area (Å²) in [5.74, 6) is 1.74. The van der Waals surface area contributed by atoms with Crippen LogP contribution in [0.25, 0.3) is 0 Å². The van der Waals surface area contributed by atoms with E-state index in [2.05, 4.69) is 76.3 Å². The number of unbranched alkanes of at least 4 members (excludes halogenated alkanes) is 1. The maximum atomic E-state index is 6.12. The van der Waals surface area contributed by atoms with Gasteiger partial charge in [-0.05, 0) is 60.9 Å². The molecule has 0 saturated carbocycles. The van der Waals surface area contributed by atoms with Crippen LogP contribution in [0.2, 0.25) is 0 Å². The van der Waals surface area contributed by atoms with Crippen LogP contribution >= 0.6 is 15.9 Å². The van der Waals surface area contributed by atoms with Crippen molar-refractivity contribution in [1.29, 1.82) is 0 Å². The van der Waals surface area contributed by atoms with Gasteiger partial charge >= 0.3 is 0 Å². The molecular formula is C22H20BrNO. The molecule has 3 aromatic carbocycles. The summed E-state index contributed by atoms with van der Waals surface area (Å²) in [6, 6.07) is 23.2. The Morgan fingerprint density at radius 3 is 2.44 bits per heavy atom. The number of para-hydroxylation sites is 2. The van der Waals surface area contributed by atoms with E-state index >= 15 is 0 Å². The molecule has 0 fully saturated rings. The third-order valence-corrected chi connectivity index (χ3v) is 5.00. The van der Waals surface area contributed by atoms with E-state index < -0.39 is 0 Å². The number of halogens is 1. The Kier molecular flexibility index (Phi) is 4.50. The summed E-state index contributed by atoms with van der Waals surface area (Å²) in [5.41, 5.74) is 4.67. The van der Waals surface area contributed by atoms with Gasteiger partial charge in [-0.3, -0.25) is 0 Å². The van der Waals surface area contributed by atoms with Crippen LogP contribution in [0.4, 0.5) is 17.1 Å². The van der Waals surface area contributed by atoms with Gasteiger partial charge in [0.15, 0.2) is 11.5 Å². The van der Waals surface area contributed by atoms with Gasteiger partial charge in [-0.15, -0.1) is 0 Å². The minimum atomic E-state index is 0.864. The van der Waals surface area contributed by atoms with Crippen molar-refractivity contribution in [3.63, 3.8) is 0 Å². The van der Waals surface area contributed by atoms with Crippen molar-refractivity contribution < 1.29 is 4.74 Å². The molecule has 0 radical (unpaired) electrons. The molecule has 0 atom stereocenters. The summed E-state index contributed by atoms with van der Waals surface area (Å²) in [6.45, 7) is 2.23. The minimum Gasteiger partial charge on any atom is -0.453 e. The zero-order valence-electron chi connectivity index (χ0n) is 14.2. The van der Waals surface area contributed by atoms with Gasteiger partial charge in [0.2, 0.25) is 0 Å². The van der Waals surface area contributed by atoms with Gasteiger partial charge in [0.25, 0.3) is 0 Å². The lowest BCUT2D eigenvalue weighted by molar-refractivity contribution is 0.476. The first-order valence-corrected chi connectivity index (χ1v) is 9.51. The van der Waals surface area contributed by atoms with Gasteiger partial charge < -0.3 is 9.64 Å². The van der Waals surface area contributed by atoms with Crippen molar-refractivity contribution in [3.8, 4) is 11.5 Å². The summed E-state index contributed by atoms with van der Waals surface area (Å²) in [5, 5.41) is 0. The highest BCUT2D eigenvalue weighted by Crippen LogP contribution is 2.50. The molecule has 126 valence electrons. The van der Waals surface area contributed by atoms with Crippen LogP contribution in [0.3, 0.4) is 0 Å². The van der Waals surface area contributed by atoms with Gasteiger partial charge in [0.1, 0.15) is 0 Å². The summed E-state index contributed by atoms with van der Waals surface area (Å²) >= 11 is 3.54. The second-order valence-electron chi connectivity index (χ2n) is 6.29. The Morgan fingerprint density at radius 2 is 1.64 bits per heavy atom. The third kappa shape index (κ3) is 3.16. The normalized spacial score (nSPS) is 12.3. The van der Waals surface area contributed by atoms with Gasteiger partial charge in [0.05, 0.1) is 11.4 Å². The first kappa shape index (κ1) is 16.2. The smallest absolute Gasteiger partial charge is 0.152 e. The van der Waals surface area contributed by atoms with E-state index in [1.807, 2.05) is 18.2 Å². The summed E-state index contributed by atoms with van der Waals surface area (Å²) < 4.78 is 7.13. The Morgan fingerprint density at radius 1 is 0.880 bits per heavy atom. The van der Waals surface area contributed by atoms with E-state index in [-0.39, 0.29) is 0 Å². The number of rotatable bonds is 4. The summed E-state index contributed by atoms with van der Waals surface area (Å²) in [6.07, 6.45) is 3.59. The van der Waals surface area contributed by atoms with E-state index in [9.17, 15) is 0 Å². The largest absolute Gasteiger partial charge is 0.453 e. The Bertz CT molecular complexity index is 889. The van der Waals surface area contributed by atoms with E-state index in [1.165, 1.54) is 18.4 Å². The molecule has 2 nitrogen and oxygen atoms in total. The van der Waals surface area contributed by atoms with Crippen LogP contribution in [-0.4, -0.2) is 0 Å². The average molecular weight is 394 g/mol. The standard InChI is InChI=1S/C22H20BrNO/c1-2-3-6-16-9-12-18(13-10-16)24-19-7-4-5-8-21(19)25-22-15-17(23)11-14-20(22)24/h4-5,7-15H,2-3,6H2,1H3. The number of hydrogen-bond acceptors (Lipinski definition) is 2. The number of hydrogen-bond donors (Lipinski definition) is 0. The zero-order valence-corrected chi connectivity index (χ0v) is 15.8. The second kappa shape index (κ2) is 6.93. The molecule has 1 aliphatic heterocycles. The highest BCUT2D eigenvalue weighted by molar-refractivity contribution is 9.10. The molecule has 0 bridgehead atoms. The second-order valence-corrected chi connectivity index (χ2v) is 7.20.